The molecule has 2 aliphatic rings. The second kappa shape index (κ2) is 7.57. The van der Waals surface area contributed by atoms with Crippen LogP contribution >= 0.6 is 11.6 Å². The van der Waals surface area contributed by atoms with Crippen LogP contribution in [0.5, 0.6) is 0 Å². The first-order valence-corrected chi connectivity index (χ1v) is 11.2. The zero-order valence-corrected chi connectivity index (χ0v) is 18.4. The van der Waals surface area contributed by atoms with Crippen molar-refractivity contribution >= 4 is 34.1 Å². The van der Waals surface area contributed by atoms with Crippen LogP contribution < -0.4 is 15.6 Å². The van der Waals surface area contributed by atoms with Gasteiger partial charge in [-0.05, 0) is 42.0 Å². The Morgan fingerprint density at radius 3 is 2.55 bits per heavy atom. The molecular formula is C25H20ClFN4O2. The van der Waals surface area contributed by atoms with E-state index in [0.29, 0.717) is 47.2 Å². The van der Waals surface area contributed by atoms with Crippen LogP contribution in [0.4, 0.5) is 10.1 Å². The van der Waals surface area contributed by atoms with Gasteiger partial charge in [0.1, 0.15) is 11.4 Å². The predicted octanol–water partition coefficient (Wildman–Crippen LogP) is 3.72. The third-order valence-electron chi connectivity index (χ3n) is 6.47. The molecule has 1 N–H and O–H groups in total. The van der Waals surface area contributed by atoms with Crippen LogP contribution in [0.25, 0.3) is 22.3 Å². The van der Waals surface area contributed by atoms with Crippen molar-refractivity contribution in [2.24, 2.45) is 0 Å². The number of anilines is 1. The molecule has 0 amide bonds. The number of nitrogens with one attached hydrogen (secondary N) is 1. The van der Waals surface area contributed by atoms with E-state index in [4.69, 9.17) is 11.6 Å². The Kier molecular flexibility index (Phi) is 4.64. The summed E-state index contributed by atoms with van der Waals surface area (Å²) in [5, 5.41) is 4.11. The number of carbonyl (C=O) groups excluding carboxylic acids is 1. The zero-order chi connectivity index (χ0) is 22.7. The Labute approximate surface area is 193 Å². The third-order valence-corrected chi connectivity index (χ3v) is 6.72. The van der Waals surface area contributed by atoms with Crippen LogP contribution in [0.15, 0.2) is 59.5 Å². The van der Waals surface area contributed by atoms with Gasteiger partial charge in [-0.2, -0.15) is 0 Å². The van der Waals surface area contributed by atoms with Gasteiger partial charge in [-0.1, -0.05) is 23.7 Å². The topological polar surface area (TPSA) is 59.3 Å². The van der Waals surface area contributed by atoms with Crippen molar-refractivity contribution < 1.29 is 9.18 Å². The number of fused-ring (bicyclic) bond motifs is 4. The normalized spacial score (nSPS) is 15.2. The molecule has 6 rings (SSSR count). The molecule has 4 heterocycles. The van der Waals surface area contributed by atoms with Crippen molar-refractivity contribution in [2.75, 3.05) is 31.1 Å². The number of pyridine rings is 1. The van der Waals surface area contributed by atoms with Gasteiger partial charge in [0, 0.05) is 49.3 Å². The number of hydrogen-bond acceptors (Lipinski definition) is 4. The van der Waals surface area contributed by atoms with E-state index in [2.05, 4.69) is 5.32 Å². The zero-order valence-electron chi connectivity index (χ0n) is 17.6. The second-order valence-corrected chi connectivity index (χ2v) is 8.83. The number of hydrogen-bond donors (Lipinski definition) is 1. The maximum atomic E-state index is 15.2. The van der Waals surface area contributed by atoms with Crippen LogP contribution in [-0.4, -0.2) is 41.2 Å². The third kappa shape index (κ3) is 3.11. The summed E-state index contributed by atoms with van der Waals surface area (Å²) in [7, 11) is 0. The number of nitrogens with zero attached hydrogens (tertiary/aromatic N) is 3. The molecule has 6 nitrogen and oxygen atoms in total. The smallest absolute Gasteiger partial charge is 0.268 e. The van der Waals surface area contributed by atoms with Crippen LogP contribution in [0.1, 0.15) is 15.9 Å². The summed E-state index contributed by atoms with van der Waals surface area (Å²) >= 11 is 6.07. The molecule has 2 aromatic carbocycles. The summed E-state index contributed by atoms with van der Waals surface area (Å²) in [5.41, 5.74) is 2.90. The summed E-state index contributed by atoms with van der Waals surface area (Å²) in [4.78, 5) is 28.5. The fraction of sp³-hybridized carbons (Fsp3) is 0.200. The number of carbonyl (C=O) groups is 1. The van der Waals surface area contributed by atoms with Crippen LogP contribution in [-0.2, 0) is 6.54 Å². The molecule has 0 spiro atoms. The minimum Gasteiger partial charge on any atom is -0.367 e. The lowest BCUT2D eigenvalue weighted by molar-refractivity contribution is 0.0968. The number of aromatic nitrogens is 2. The first-order chi connectivity index (χ1) is 16.0. The number of rotatable bonds is 3. The largest absolute Gasteiger partial charge is 0.367 e. The molecule has 0 radical (unpaired) electrons. The van der Waals surface area contributed by atoms with E-state index < -0.39 is 11.2 Å². The summed E-state index contributed by atoms with van der Waals surface area (Å²) in [6.07, 6.45) is 1.65. The monoisotopic (exact) mass is 462 g/mol. The molecular weight excluding hydrogens is 443 g/mol. The van der Waals surface area contributed by atoms with Crippen molar-refractivity contribution in [1.29, 1.82) is 0 Å². The maximum Gasteiger partial charge on any atom is 0.268 e. The van der Waals surface area contributed by atoms with Gasteiger partial charge >= 0.3 is 0 Å². The molecule has 2 aliphatic heterocycles. The van der Waals surface area contributed by atoms with Crippen LogP contribution in [0.2, 0.25) is 5.02 Å². The van der Waals surface area contributed by atoms with Crippen molar-refractivity contribution in [3.63, 3.8) is 0 Å². The van der Waals surface area contributed by atoms with E-state index in [-0.39, 0.29) is 16.9 Å². The number of piperazine rings is 1. The lowest BCUT2D eigenvalue weighted by Crippen LogP contribution is -2.43. The number of halogens is 2. The summed E-state index contributed by atoms with van der Waals surface area (Å²) < 4.78 is 18.7. The summed E-state index contributed by atoms with van der Waals surface area (Å²) in [6.45, 7) is 3.29. The number of benzene rings is 2. The van der Waals surface area contributed by atoms with Gasteiger partial charge < -0.3 is 14.8 Å². The molecule has 166 valence electrons. The first-order valence-electron chi connectivity index (χ1n) is 10.9. The second-order valence-electron chi connectivity index (χ2n) is 8.39. The lowest BCUT2D eigenvalue weighted by Gasteiger charge is -2.30. The highest BCUT2D eigenvalue weighted by atomic mass is 35.5. The van der Waals surface area contributed by atoms with Crippen LogP contribution in [0, 0.1) is 5.82 Å². The highest BCUT2D eigenvalue weighted by Crippen LogP contribution is 2.35. The molecule has 0 saturated carbocycles. The Bertz CT molecular complexity index is 1480. The van der Waals surface area contributed by atoms with Crippen LogP contribution in [0.3, 0.4) is 0 Å². The van der Waals surface area contributed by atoms with Gasteiger partial charge in [-0.15, -0.1) is 0 Å². The molecule has 0 unspecified atom stereocenters. The summed E-state index contributed by atoms with van der Waals surface area (Å²) in [6, 6.07) is 14.1. The van der Waals surface area contributed by atoms with Gasteiger partial charge in [0.25, 0.3) is 5.91 Å². The van der Waals surface area contributed by atoms with E-state index >= 15 is 4.39 Å². The highest BCUT2D eigenvalue weighted by Gasteiger charge is 2.33. The summed E-state index contributed by atoms with van der Waals surface area (Å²) in [5.74, 6) is -0.835. The SMILES string of the molecule is O=C1c2c(n(Cc3ccc(Cl)cc3)c3cc(N4CCNCC4)c(F)cc3c2=O)-c2cccn21. The van der Waals surface area contributed by atoms with Gasteiger partial charge in [0.15, 0.2) is 0 Å². The Balaban J connectivity index is 1.65. The predicted molar refractivity (Wildman–Crippen MR) is 127 cm³/mol. The van der Waals surface area contributed by atoms with Gasteiger partial charge in [-0.25, -0.2) is 4.39 Å². The highest BCUT2D eigenvalue weighted by molar-refractivity contribution is 6.30. The fourth-order valence-electron chi connectivity index (χ4n) is 4.87. The van der Waals surface area contributed by atoms with Gasteiger partial charge in [0.2, 0.25) is 5.43 Å². The molecule has 8 heteroatoms. The first kappa shape index (κ1) is 20.2. The molecule has 1 fully saturated rings. The minimum atomic E-state index is -0.454. The average molecular weight is 463 g/mol. The molecule has 2 aromatic heterocycles. The average Bonchev–Trinajstić information content (AvgIpc) is 3.41. The van der Waals surface area contributed by atoms with E-state index in [1.54, 1.807) is 18.3 Å². The van der Waals surface area contributed by atoms with E-state index in [1.165, 1.54) is 10.6 Å². The van der Waals surface area contributed by atoms with Gasteiger partial charge in [-0.3, -0.25) is 14.2 Å². The Morgan fingerprint density at radius 2 is 1.79 bits per heavy atom. The lowest BCUT2D eigenvalue weighted by atomic mass is 10.0. The molecule has 0 bridgehead atoms. The van der Waals surface area contributed by atoms with E-state index in [0.717, 1.165) is 18.7 Å². The molecule has 0 aliphatic carbocycles. The maximum absolute atomic E-state index is 15.2. The Morgan fingerprint density at radius 1 is 1.03 bits per heavy atom. The van der Waals surface area contributed by atoms with Crippen molar-refractivity contribution in [2.45, 2.75) is 6.54 Å². The quantitative estimate of drug-likeness (QED) is 0.444. The molecule has 4 aromatic rings. The van der Waals surface area contributed by atoms with Crippen molar-refractivity contribution in [3.8, 4) is 11.4 Å². The van der Waals surface area contributed by atoms with Gasteiger partial charge in [0.05, 0.1) is 22.6 Å². The standard InChI is InChI=1S/C25H20ClFN4O2/c26-16-5-3-15(4-6-16)14-31-20-13-21(29-10-7-28-8-11-29)18(27)12-17(20)24(32)22-23(31)19-2-1-9-30(19)25(22)33/h1-6,9,12-13,28H,7-8,10-11,14H2. The van der Waals surface area contributed by atoms with Crippen molar-refractivity contribution in [1.82, 2.24) is 14.5 Å². The van der Waals surface area contributed by atoms with Crippen molar-refractivity contribution in [3.05, 3.63) is 86.9 Å². The van der Waals surface area contributed by atoms with E-state index in [9.17, 15) is 9.59 Å². The Hall–Kier alpha value is -3.42. The molecule has 0 atom stereocenters. The van der Waals surface area contributed by atoms with E-state index in [1.807, 2.05) is 39.8 Å². The fourth-order valence-corrected chi connectivity index (χ4v) is 5.00. The minimum absolute atomic E-state index is 0.0846. The molecule has 1 saturated heterocycles. The molecule has 33 heavy (non-hydrogen) atoms.